The predicted molar refractivity (Wildman–Crippen MR) is 104 cm³/mol. The average Bonchev–Trinajstić information content (AvgIpc) is 3.15. The smallest absolute Gasteiger partial charge is 0.240 e. The van der Waals surface area contributed by atoms with Crippen LogP contribution in [-0.2, 0) is 19.4 Å². The fraction of sp³-hybridized carbons (Fsp3) is 0.409. The molecule has 0 saturated carbocycles. The molecule has 0 radical (unpaired) electrons. The van der Waals surface area contributed by atoms with Crippen LogP contribution in [0.3, 0.4) is 0 Å². The molecule has 28 heavy (non-hydrogen) atoms. The minimum absolute atomic E-state index is 0.245. The predicted octanol–water partition coefficient (Wildman–Crippen LogP) is 4.18. The summed E-state index contributed by atoms with van der Waals surface area (Å²) in [6.07, 6.45) is 8.05. The Morgan fingerprint density at radius 2 is 2.11 bits per heavy atom. The highest BCUT2D eigenvalue weighted by Gasteiger charge is 2.24. The first kappa shape index (κ1) is 18.7. The normalized spacial score (nSPS) is 17.7. The van der Waals surface area contributed by atoms with Crippen LogP contribution in [0.5, 0.6) is 0 Å². The first-order valence-electron chi connectivity index (χ1n) is 9.96. The van der Waals surface area contributed by atoms with Gasteiger partial charge in [-0.05, 0) is 62.1 Å². The molecule has 4 rings (SSSR count). The number of likely N-dealkylation sites (tertiary alicyclic amines) is 1. The van der Waals surface area contributed by atoms with E-state index in [4.69, 9.17) is 4.52 Å². The van der Waals surface area contributed by atoms with Gasteiger partial charge in [0.1, 0.15) is 5.82 Å². The van der Waals surface area contributed by atoms with Gasteiger partial charge in [-0.25, -0.2) is 4.39 Å². The summed E-state index contributed by atoms with van der Waals surface area (Å²) < 4.78 is 18.8. The van der Waals surface area contributed by atoms with Crippen LogP contribution >= 0.6 is 0 Å². The number of halogens is 1. The molecule has 0 N–H and O–H groups in total. The fourth-order valence-corrected chi connectivity index (χ4v) is 3.88. The van der Waals surface area contributed by atoms with Gasteiger partial charge in [0.2, 0.25) is 5.89 Å². The summed E-state index contributed by atoms with van der Waals surface area (Å²) in [6.45, 7) is 1.72. The Labute approximate surface area is 164 Å². The lowest BCUT2D eigenvalue weighted by Crippen LogP contribution is -2.39. The zero-order valence-corrected chi connectivity index (χ0v) is 15.9. The number of hydrogen-bond donors (Lipinski definition) is 0. The van der Waals surface area contributed by atoms with Crippen LogP contribution in [0.1, 0.15) is 48.7 Å². The number of nitrogens with zero attached hydrogens (tertiary/aromatic N) is 4. The number of rotatable bonds is 7. The van der Waals surface area contributed by atoms with Crippen molar-refractivity contribution >= 4 is 0 Å². The second-order valence-electron chi connectivity index (χ2n) is 7.39. The quantitative estimate of drug-likeness (QED) is 0.615. The molecular weight excluding hydrogens is 355 g/mol. The highest BCUT2D eigenvalue weighted by Crippen LogP contribution is 2.23. The Hall–Kier alpha value is -2.60. The number of hydrogen-bond acceptors (Lipinski definition) is 5. The zero-order valence-electron chi connectivity index (χ0n) is 15.9. The van der Waals surface area contributed by atoms with E-state index in [9.17, 15) is 4.39 Å². The second kappa shape index (κ2) is 9.06. The Kier molecular flexibility index (Phi) is 6.07. The Bertz CT molecular complexity index is 883. The largest absolute Gasteiger partial charge is 0.338 e. The molecule has 146 valence electrons. The van der Waals surface area contributed by atoms with Gasteiger partial charge in [0, 0.05) is 24.4 Å². The van der Waals surface area contributed by atoms with E-state index in [-0.39, 0.29) is 5.82 Å². The van der Waals surface area contributed by atoms with E-state index >= 15 is 0 Å². The average molecular weight is 380 g/mol. The van der Waals surface area contributed by atoms with E-state index in [0.29, 0.717) is 30.7 Å². The van der Waals surface area contributed by atoms with Crippen molar-refractivity contribution in [1.82, 2.24) is 20.0 Å². The lowest BCUT2D eigenvalue weighted by atomic mass is 9.97. The zero-order chi connectivity index (χ0) is 19.2. The number of aromatic nitrogens is 3. The lowest BCUT2D eigenvalue weighted by molar-refractivity contribution is 0.117. The van der Waals surface area contributed by atoms with Gasteiger partial charge in [-0.3, -0.25) is 9.88 Å². The van der Waals surface area contributed by atoms with Crippen molar-refractivity contribution in [2.24, 2.45) is 0 Å². The third-order valence-corrected chi connectivity index (χ3v) is 5.31. The molecule has 0 aliphatic carbocycles. The maximum absolute atomic E-state index is 13.3. The Morgan fingerprint density at radius 3 is 2.96 bits per heavy atom. The summed E-state index contributed by atoms with van der Waals surface area (Å²) in [5.74, 6) is 0.990. The third kappa shape index (κ3) is 5.01. The number of piperidine rings is 1. The first-order chi connectivity index (χ1) is 13.8. The summed E-state index contributed by atoms with van der Waals surface area (Å²) >= 11 is 0. The van der Waals surface area contributed by atoms with E-state index in [1.807, 2.05) is 24.4 Å². The van der Waals surface area contributed by atoms with Crippen LogP contribution in [-0.4, -0.2) is 32.6 Å². The van der Waals surface area contributed by atoms with Crippen LogP contribution in [0.15, 0.2) is 53.2 Å². The van der Waals surface area contributed by atoms with Crippen molar-refractivity contribution in [2.45, 2.75) is 51.1 Å². The molecule has 2 aromatic heterocycles. The molecule has 1 fully saturated rings. The summed E-state index contributed by atoms with van der Waals surface area (Å²) in [6, 6.07) is 13.1. The monoisotopic (exact) mass is 380 g/mol. The molecule has 1 aromatic carbocycles. The van der Waals surface area contributed by atoms with E-state index in [2.05, 4.69) is 26.1 Å². The van der Waals surface area contributed by atoms with Crippen molar-refractivity contribution in [1.29, 1.82) is 0 Å². The summed E-state index contributed by atoms with van der Waals surface area (Å²) in [4.78, 5) is 11.4. The minimum Gasteiger partial charge on any atom is -0.338 e. The highest BCUT2D eigenvalue weighted by molar-refractivity contribution is 5.19. The van der Waals surface area contributed by atoms with Crippen LogP contribution in [0, 0.1) is 5.82 Å². The molecule has 0 unspecified atom stereocenters. The Balaban J connectivity index is 1.36. The van der Waals surface area contributed by atoms with Crippen molar-refractivity contribution in [3.8, 4) is 0 Å². The van der Waals surface area contributed by atoms with Gasteiger partial charge in [-0.15, -0.1) is 0 Å². The third-order valence-electron chi connectivity index (χ3n) is 5.31. The molecule has 0 spiro atoms. The summed E-state index contributed by atoms with van der Waals surface area (Å²) in [5, 5.41) is 4.08. The van der Waals surface area contributed by atoms with Crippen molar-refractivity contribution in [3.05, 3.63) is 77.5 Å². The molecule has 1 aliphatic heterocycles. The van der Waals surface area contributed by atoms with Crippen LogP contribution < -0.4 is 0 Å². The van der Waals surface area contributed by atoms with E-state index < -0.39 is 0 Å². The number of aryl methyl sites for hydroxylation is 1. The first-order valence-corrected chi connectivity index (χ1v) is 9.96. The van der Waals surface area contributed by atoms with E-state index in [1.54, 1.807) is 6.07 Å². The van der Waals surface area contributed by atoms with E-state index in [0.717, 1.165) is 30.6 Å². The molecule has 1 atom stereocenters. The van der Waals surface area contributed by atoms with Crippen LogP contribution in [0.4, 0.5) is 4.39 Å². The second-order valence-corrected chi connectivity index (χ2v) is 7.39. The molecule has 3 aromatic rings. The number of pyridine rings is 1. The lowest BCUT2D eigenvalue weighted by Gasteiger charge is -2.34. The van der Waals surface area contributed by atoms with Gasteiger partial charge in [-0.1, -0.05) is 29.8 Å². The van der Waals surface area contributed by atoms with Gasteiger partial charge in [0.15, 0.2) is 5.82 Å². The maximum atomic E-state index is 13.3. The molecule has 1 aliphatic rings. The molecule has 0 amide bonds. The molecular formula is C22H25FN4O. The number of benzene rings is 1. The minimum atomic E-state index is -0.245. The van der Waals surface area contributed by atoms with Crippen molar-refractivity contribution in [2.75, 3.05) is 6.54 Å². The molecule has 6 heteroatoms. The van der Waals surface area contributed by atoms with Crippen LogP contribution in [0.25, 0.3) is 0 Å². The van der Waals surface area contributed by atoms with Gasteiger partial charge in [0.05, 0.1) is 6.54 Å². The van der Waals surface area contributed by atoms with Gasteiger partial charge < -0.3 is 4.52 Å². The fourth-order valence-electron chi connectivity index (χ4n) is 3.88. The standard InChI is InChI=1S/C22H25FN4O/c23-18-7-5-6-17(14-18)15-21-25-22(28-26-21)16-27-13-4-2-9-20(27)11-10-19-8-1-3-12-24-19/h1,3,5-8,12,14,20H,2,4,9-11,13,15-16H2/t20-/m0/s1. The van der Waals surface area contributed by atoms with Gasteiger partial charge in [0.25, 0.3) is 0 Å². The topological polar surface area (TPSA) is 55.1 Å². The maximum Gasteiger partial charge on any atom is 0.240 e. The van der Waals surface area contributed by atoms with Gasteiger partial charge >= 0.3 is 0 Å². The van der Waals surface area contributed by atoms with Crippen molar-refractivity contribution in [3.63, 3.8) is 0 Å². The summed E-state index contributed by atoms with van der Waals surface area (Å²) in [7, 11) is 0. The molecule has 3 heterocycles. The molecule has 5 nitrogen and oxygen atoms in total. The van der Waals surface area contributed by atoms with Crippen molar-refractivity contribution < 1.29 is 8.91 Å². The SMILES string of the molecule is Fc1cccc(Cc2noc(CN3CCCC[C@H]3CCc3ccccn3)n2)c1. The Morgan fingerprint density at radius 1 is 1.14 bits per heavy atom. The van der Waals surface area contributed by atoms with E-state index in [1.165, 1.54) is 31.4 Å². The highest BCUT2D eigenvalue weighted by atomic mass is 19.1. The molecule has 0 bridgehead atoms. The molecule has 1 saturated heterocycles. The van der Waals surface area contributed by atoms with Crippen LogP contribution in [0.2, 0.25) is 0 Å². The summed E-state index contributed by atoms with van der Waals surface area (Å²) in [5.41, 5.74) is 1.99. The van der Waals surface area contributed by atoms with Gasteiger partial charge in [-0.2, -0.15) is 4.98 Å².